The Bertz CT molecular complexity index is 3580. The van der Waals surface area contributed by atoms with Gasteiger partial charge in [0.25, 0.3) is 0 Å². The standard InChI is InChI=1S/C69H45N5/c1-5-17-46(18-6-1)50-29-37-54(38-30-50)62-45-63(71-66(70-62)55-39-31-51(32-40-55)47-19-7-2-8-20-47)64-58-25-13-15-27-60(58)65(61-28-16-14-26-59(61)64)69-73-67(56-41-33-52(34-42-56)48-21-9-3-10-22-48)72-68(74-69)57-43-35-53(36-44-57)49-23-11-4-12-24-49/h1-45H. The Morgan fingerprint density at radius 3 is 0.757 bits per heavy atom. The first-order valence-corrected chi connectivity index (χ1v) is 24.9. The SMILES string of the molecule is c1ccc(-c2ccc(-c3cc(-c4c5ccccc5c(-c5nc(-c6ccc(-c7ccccc7)cc6)nc(-c6ccc(-c7ccccc7)cc6)n5)c5ccccc45)nc(-c4ccc(-c5ccccc5)cc4)n3)cc2)cc1. The molecule has 0 aliphatic rings. The molecular formula is C69H45N5. The van der Waals surface area contributed by atoms with Gasteiger partial charge in [-0.25, -0.2) is 24.9 Å². The van der Waals surface area contributed by atoms with Crippen LogP contribution in [0.1, 0.15) is 0 Å². The summed E-state index contributed by atoms with van der Waals surface area (Å²) in [4.78, 5) is 26.8. The number of fused-ring (bicyclic) bond motifs is 2. The molecular weight excluding hydrogens is 899 g/mol. The molecule has 0 bridgehead atoms. The second-order valence-electron chi connectivity index (χ2n) is 18.4. The third-order valence-electron chi connectivity index (χ3n) is 13.8. The summed E-state index contributed by atoms with van der Waals surface area (Å²) < 4.78 is 0. The van der Waals surface area contributed by atoms with E-state index in [1.807, 2.05) is 24.3 Å². The Morgan fingerprint density at radius 1 is 0.162 bits per heavy atom. The summed E-state index contributed by atoms with van der Waals surface area (Å²) in [6.07, 6.45) is 0. The van der Waals surface area contributed by atoms with Gasteiger partial charge in [-0.1, -0.05) is 267 Å². The molecule has 0 saturated heterocycles. The van der Waals surface area contributed by atoms with Gasteiger partial charge in [-0.2, -0.15) is 0 Å². The van der Waals surface area contributed by atoms with Crippen molar-refractivity contribution in [2.45, 2.75) is 0 Å². The molecule has 2 heterocycles. The van der Waals surface area contributed by atoms with E-state index >= 15 is 0 Å². The van der Waals surface area contributed by atoms with E-state index < -0.39 is 0 Å². The maximum Gasteiger partial charge on any atom is 0.165 e. The predicted octanol–water partition coefficient (Wildman–Crippen LogP) is 17.6. The van der Waals surface area contributed by atoms with Crippen LogP contribution in [0.4, 0.5) is 0 Å². The smallest absolute Gasteiger partial charge is 0.165 e. The zero-order chi connectivity index (χ0) is 49.2. The topological polar surface area (TPSA) is 64.5 Å². The average Bonchev–Trinajstić information content (AvgIpc) is 3.49. The van der Waals surface area contributed by atoms with Crippen LogP contribution in [0.15, 0.2) is 273 Å². The number of aromatic nitrogens is 5. The van der Waals surface area contributed by atoms with E-state index in [1.54, 1.807) is 0 Å². The Labute approximate surface area is 429 Å². The Kier molecular flexibility index (Phi) is 11.5. The molecule has 0 aliphatic carbocycles. The van der Waals surface area contributed by atoms with Crippen molar-refractivity contribution in [3.8, 4) is 113 Å². The molecule has 0 N–H and O–H groups in total. The molecule has 0 atom stereocenters. The highest BCUT2D eigenvalue weighted by molar-refractivity contribution is 6.20. The Balaban J connectivity index is 0.999. The number of benzene rings is 11. The first-order chi connectivity index (χ1) is 36.7. The van der Waals surface area contributed by atoms with Gasteiger partial charge >= 0.3 is 0 Å². The summed E-state index contributed by atoms with van der Waals surface area (Å²) in [6, 6.07) is 95.3. The molecule has 0 aliphatic heterocycles. The van der Waals surface area contributed by atoms with Gasteiger partial charge in [-0.05, 0) is 72.1 Å². The van der Waals surface area contributed by atoms with Crippen LogP contribution in [0, 0.1) is 0 Å². The third-order valence-corrected chi connectivity index (χ3v) is 13.8. The minimum atomic E-state index is 0.587. The van der Waals surface area contributed by atoms with E-state index in [2.05, 4.69) is 249 Å². The van der Waals surface area contributed by atoms with Crippen molar-refractivity contribution < 1.29 is 0 Å². The number of hydrogen-bond acceptors (Lipinski definition) is 5. The lowest BCUT2D eigenvalue weighted by Gasteiger charge is -2.18. The monoisotopic (exact) mass is 943 g/mol. The highest BCUT2D eigenvalue weighted by atomic mass is 15.0. The molecule has 346 valence electrons. The van der Waals surface area contributed by atoms with Crippen molar-refractivity contribution in [2.75, 3.05) is 0 Å². The largest absolute Gasteiger partial charge is 0.228 e. The average molecular weight is 944 g/mol. The zero-order valence-electron chi connectivity index (χ0n) is 40.2. The molecule has 0 spiro atoms. The highest BCUT2D eigenvalue weighted by Crippen LogP contribution is 2.44. The molecule has 13 aromatic rings. The van der Waals surface area contributed by atoms with Crippen LogP contribution in [0.2, 0.25) is 0 Å². The van der Waals surface area contributed by atoms with E-state index in [0.29, 0.717) is 23.3 Å². The number of hydrogen-bond donors (Lipinski definition) is 0. The molecule has 0 saturated carbocycles. The predicted molar refractivity (Wildman–Crippen MR) is 305 cm³/mol. The van der Waals surface area contributed by atoms with Crippen LogP contribution >= 0.6 is 0 Å². The van der Waals surface area contributed by atoms with Crippen LogP contribution in [-0.4, -0.2) is 24.9 Å². The van der Waals surface area contributed by atoms with Crippen LogP contribution in [0.3, 0.4) is 0 Å². The summed E-state index contributed by atoms with van der Waals surface area (Å²) in [5.74, 6) is 2.42. The summed E-state index contributed by atoms with van der Waals surface area (Å²) in [5, 5.41) is 4.06. The third kappa shape index (κ3) is 8.59. The summed E-state index contributed by atoms with van der Waals surface area (Å²) in [7, 11) is 0. The number of nitrogens with zero attached hydrogens (tertiary/aromatic N) is 5. The quantitative estimate of drug-likeness (QED) is 0.128. The van der Waals surface area contributed by atoms with Crippen molar-refractivity contribution >= 4 is 21.5 Å². The fourth-order valence-electron chi connectivity index (χ4n) is 10.0. The molecule has 13 rings (SSSR count). The molecule has 0 radical (unpaired) electrons. The minimum absolute atomic E-state index is 0.587. The van der Waals surface area contributed by atoms with Crippen molar-refractivity contribution in [2.24, 2.45) is 0 Å². The second kappa shape index (κ2) is 19.3. The summed E-state index contributed by atoms with van der Waals surface area (Å²) in [6.45, 7) is 0. The molecule has 0 fully saturated rings. The molecule has 2 aromatic heterocycles. The first-order valence-electron chi connectivity index (χ1n) is 24.9. The van der Waals surface area contributed by atoms with E-state index in [-0.39, 0.29) is 0 Å². The van der Waals surface area contributed by atoms with Gasteiger partial charge < -0.3 is 0 Å². The Morgan fingerprint density at radius 2 is 0.405 bits per heavy atom. The van der Waals surface area contributed by atoms with E-state index in [9.17, 15) is 0 Å². The van der Waals surface area contributed by atoms with Crippen LogP contribution < -0.4 is 0 Å². The van der Waals surface area contributed by atoms with E-state index in [4.69, 9.17) is 24.9 Å². The molecule has 0 amide bonds. The van der Waals surface area contributed by atoms with Gasteiger partial charge in [0.2, 0.25) is 0 Å². The maximum absolute atomic E-state index is 5.48. The highest BCUT2D eigenvalue weighted by Gasteiger charge is 2.23. The lowest BCUT2D eigenvalue weighted by atomic mass is 9.89. The maximum atomic E-state index is 5.48. The van der Waals surface area contributed by atoms with Crippen LogP contribution in [0.5, 0.6) is 0 Å². The number of rotatable bonds is 10. The van der Waals surface area contributed by atoms with Crippen molar-refractivity contribution in [3.63, 3.8) is 0 Å². The lowest BCUT2D eigenvalue weighted by Crippen LogP contribution is -2.02. The van der Waals surface area contributed by atoms with Gasteiger partial charge in [0.05, 0.1) is 11.4 Å². The summed E-state index contributed by atoms with van der Waals surface area (Å²) in [5.41, 5.74) is 16.5. The lowest BCUT2D eigenvalue weighted by molar-refractivity contribution is 1.08. The van der Waals surface area contributed by atoms with Gasteiger partial charge in [0.15, 0.2) is 23.3 Å². The Hall–Kier alpha value is -9.97. The van der Waals surface area contributed by atoms with Crippen LogP contribution in [0.25, 0.3) is 134 Å². The fourth-order valence-corrected chi connectivity index (χ4v) is 10.0. The molecule has 0 unspecified atom stereocenters. The minimum Gasteiger partial charge on any atom is -0.228 e. The van der Waals surface area contributed by atoms with E-state index in [0.717, 1.165) is 105 Å². The first kappa shape index (κ1) is 44.0. The van der Waals surface area contributed by atoms with Crippen molar-refractivity contribution in [1.29, 1.82) is 0 Å². The molecule has 5 heteroatoms. The van der Waals surface area contributed by atoms with Crippen molar-refractivity contribution in [1.82, 2.24) is 24.9 Å². The van der Waals surface area contributed by atoms with Gasteiger partial charge in [-0.3, -0.25) is 0 Å². The normalized spacial score (nSPS) is 11.2. The zero-order valence-corrected chi connectivity index (χ0v) is 40.2. The fraction of sp³-hybridized carbons (Fsp3) is 0. The summed E-state index contributed by atoms with van der Waals surface area (Å²) >= 11 is 0. The molecule has 74 heavy (non-hydrogen) atoms. The van der Waals surface area contributed by atoms with Crippen LogP contribution in [-0.2, 0) is 0 Å². The second-order valence-corrected chi connectivity index (χ2v) is 18.4. The van der Waals surface area contributed by atoms with Crippen molar-refractivity contribution in [3.05, 3.63) is 273 Å². The molecule has 5 nitrogen and oxygen atoms in total. The van der Waals surface area contributed by atoms with E-state index in [1.165, 1.54) is 5.56 Å². The van der Waals surface area contributed by atoms with Gasteiger partial charge in [0.1, 0.15) is 0 Å². The van der Waals surface area contributed by atoms with Gasteiger partial charge in [0, 0.05) is 33.4 Å². The van der Waals surface area contributed by atoms with Gasteiger partial charge in [-0.15, -0.1) is 0 Å². The molecule has 11 aromatic carbocycles.